The summed E-state index contributed by atoms with van der Waals surface area (Å²) in [5, 5.41) is 0. The average Bonchev–Trinajstić information content (AvgIpc) is 2.19. The minimum absolute atomic E-state index is 0.198. The maximum Gasteiger partial charge on any atom is 0.310 e. The van der Waals surface area contributed by atoms with E-state index in [1.165, 1.54) is 0 Å². The summed E-state index contributed by atoms with van der Waals surface area (Å²) in [6, 6.07) is 9.18. The van der Waals surface area contributed by atoms with E-state index < -0.39 is 6.29 Å². The lowest BCUT2D eigenvalue weighted by atomic mass is 10.3. The summed E-state index contributed by atoms with van der Waals surface area (Å²) in [4.78, 5) is 11.1. The highest BCUT2D eigenvalue weighted by atomic mass is 35.5. The molecule has 0 bridgehead atoms. The predicted octanol–water partition coefficient (Wildman–Crippen LogP) is 2.58. The topological polar surface area (TPSA) is 35.5 Å². The third-order valence-electron chi connectivity index (χ3n) is 1.64. The monoisotopic (exact) mass is 228 g/mol. The van der Waals surface area contributed by atoms with Crippen LogP contribution in [-0.4, -0.2) is 18.1 Å². The first kappa shape index (κ1) is 11.9. The summed E-state index contributed by atoms with van der Waals surface area (Å²) in [5.74, 6) is 0.578. The Balaban J connectivity index is 2.36. The average molecular weight is 229 g/mol. The molecule has 0 radical (unpaired) electrons. The van der Waals surface area contributed by atoms with E-state index >= 15 is 0 Å². The van der Waals surface area contributed by atoms with Crippen LogP contribution in [0.3, 0.4) is 0 Å². The first-order chi connectivity index (χ1) is 7.22. The number of carbonyl (C=O) groups is 1. The lowest BCUT2D eigenvalue weighted by molar-refractivity contribution is -0.160. The molecule has 0 saturated carbocycles. The van der Waals surface area contributed by atoms with Crippen LogP contribution in [0.15, 0.2) is 30.3 Å². The van der Waals surface area contributed by atoms with E-state index in [0.717, 1.165) is 0 Å². The van der Waals surface area contributed by atoms with Crippen molar-refractivity contribution < 1.29 is 14.3 Å². The van der Waals surface area contributed by atoms with E-state index in [4.69, 9.17) is 21.1 Å². The molecule has 1 atom stereocenters. The molecule has 82 valence electrons. The lowest BCUT2D eigenvalue weighted by Gasteiger charge is -2.14. The van der Waals surface area contributed by atoms with Gasteiger partial charge in [-0.2, -0.15) is 0 Å². The number of rotatable bonds is 5. The van der Waals surface area contributed by atoms with Gasteiger partial charge in [-0.05, 0) is 12.1 Å². The van der Waals surface area contributed by atoms with Crippen molar-refractivity contribution in [1.82, 2.24) is 0 Å². The van der Waals surface area contributed by atoms with Crippen LogP contribution in [-0.2, 0) is 9.53 Å². The fourth-order valence-electron chi connectivity index (χ4n) is 1.04. The Morgan fingerprint density at radius 3 is 2.67 bits per heavy atom. The fourth-order valence-corrected chi connectivity index (χ4v) is 1.19. The number of ether oxygens (including phenoxy) is 2. The highest BCUT2D eigenvalue weighted by Gasteiger charge is 2.09. The summed E-state index contributed by atoms with van der Waals surface area (Å²) in [7, 11) is 0. The van der Waals surface area contributed by atoms with Crippen molar-refractivity contribution >= 4 is 17.6 Å². The SMILES string of the molecule is CC(OC(=O)CCCl)Oc1ccccc1. The third kappa shape index (κ3) is 4.70. The number of alkyl halides is 1. The minimum Gasteiger partial charge on any atom is -0.455 e. The summed E-state index contributed by atoms with van der Waals surface area (Å²) >= 11 is 5.40. The molecule has 0 saturated heterocycles. The molecular formula is C11H13ClO3. The Morgan fingerprint density at radius 2 is 2.07 bits per heavy atom. The van der Waals surface area contributed by atoms with Gasteiger partial charge in [-0.25, -0.2) is 0 Å². The van der Waals surface area contributed by atoms with Crippen LogP contribution in [0.2, 0.25) is 0 Å². The van der Waals surface area contributed by atoms with E-state index in [2.05, 4.69) is 0 Å². The molecule has 1 unspecified atom stereocenters. The van der Waals surface area contributed by atoms with Gasteiger partial charge < -0.3 is 9.47 Å². The Hall–Kier alpha value is -1.22. The first-order valence-electron chi connectivity index (χ1n) is 4.69. The second kappa shape index (κ2) is 6.30. The highest BCUT2D eigenvalue weighted by molar-refractivity contribution is 6.18. The first-order valence-corrected chi connectivity index (χ1v) is 5.23. The molecule has 0 fully saturated rings. The largest absolute Gasteiger partial charge is 0.455 e. The molecule has 3 nitrogen and oxygen atoms in total. The lowest BCUT2D eigenvalue weighted by Crippen LogP contribution is -2.20. The number of hydrogen-bond donors (Lipinski definition) is 0. The molecule has 0 aromatic heterocycles. The van der Waals surface area contributed by atoms with Crippen LogP contribution < -0.4 is 4.74 Å². The molecule has 15 heavy (non-hydrogen) atoms. The Bertz CT molecular complexity index is 300. The normalized spacial score (nSPS) is 11.9. The standard InChI is InChI=1S/C11H13ClO3/c1-9(15-11(13)7-8-12)14-10-5-3-2-4-6-10/h2-6,9H,7-8H2,1H3. The van der Waals surface area contributed by atoms with Crippen molar-refractivity contribution in [3.05, 3.63) is 30.3 Å². The molecule has 0 N–H and O–H groups in total. The molecule has 4 heteroatoms. The van der Waals surface area contributed by atoms with Gasteiger partial charge >= 0.3 is 5.97 Å². The van der Waals surface area contributed by atoms with E-state index in [0.29, 0.717) is 5.75 Å². The number of benzene rings is 1. The maximum atomic E-state index is 11.1. The number of carbonyl (C=O) groups excluding carboxylic acids is 1. The number of hydrogen-bond acceptors (Lipinski definition) is 3. The quantitative estimate of drug-likeness (QED) is 0.442. The predicted molar refractivity (Wildman–Crippen MR) is 58.0 cm³/mol. The minimum atomic E-state index is -0.594. The van der Waals surface area contributed by atoms with Crippen molar-refractivity contribution in [2.45, 2.75) is 19.6 Å². The van der Waals surface area contributed by atoms with Gasteiger partial charge in [0.1, 0.15) is 5.75 Å². The summed E-state index contributed by atoms with van der Waals surface area (Å²) in [6.07, 6.45) is -0.396. The Kier molecular flexibility index (Phi) is 4.98. The van der Waals surface area contributed by atoms with Gasteiger partial charge in [-0.3, -0.25) is 4.79 Å². The maximum absolute atomic E-state index is 11.1. The van der Waals surface area contributed by atoms with Gasteiger partial charge in [0, 0.05) is 12.8 Å². The fraction of sp³-hybridized carbons (Fsp3) is 0.364. The molecule has 0 aliphatic carbocycles. The van der Waals surface area contributed by atoms with E-state index in [9.17, 15) is 4.79 Å². The molecule has 1 rings (SSSR count). The Morgan fingerprint density at radius 1 is 1.40 bits per heavy atom. The number of halogens is 1. The highest BCUT2D eigenvalue weighted by Crippen LogP contribution is 2.11. The molecule has 0 aliphatic rings. The summed E-state index contributed by atoms with van der Waals surface area (Å²) in [5.41, 5.74) is 0. The number of para-hydroxylation sites is 1. The van der Waals surface area contributed by atoms with Crippen LogP contribution >= 0.6 is 11.6 Å². The van der Waals surface area contributed by atoms with Crippen LogP contribution in [0.25, 0.3) is 0 Å². The van der Waals surface area contributed by atoms with Crippen molar-refractivity contribution in [3.8, 4) is 5.75 Å². The molecular weight excluding hydrogens is 216 g/mol. The zero-order valence-corrected chi connectivity index (χ0v) is 9.24. The van der Waals surface area contributed by atoms with Crippen molar-refractivity contribution in [2.24, 2.45) is 0 Å². The number of esters is 1. The van der Waals surface area contributed by atoms with Crippen LogP contribution in [0.4, 0.5) is 0 Å². The second-order valence-corrected chi connectivity index (χ2v) is 3.31. The van der Waals surface area contributed by atoms with Crippen LogP contribution in [0.1, 0.15) is 13.3 Å². The molecule has 1 aromatic carbocycles. The molecule has 0 spiro atoms. The van der Waals surface area contributed by atoms with Gasteiger partial charge in [0.2, 0.25) is 6.29 Å². The van der Waals surface area contributed by atoms with E-state index in [1.54, 1.807) is 19.1 Å². The molecule has 0 heterocycles. The zero-order chi connectivity index (χ0) is 11.1. The van der Waals surface area contributed by atoms with E-state index in [-0.39, 0.29) is 18.3 Å². The van der Waals surface area contributed by atoms with Gasteiger partial charge in [-0.1, -0.05) is 18.2 Å². The van der Waals surface area contributed by atoms with Crippen molar-refractivity contribution in [1.29, 1.82) is 0 Å². The van der Waals surface area contributed by atoms with Gasteiger partial charge in [-0.15, -0.1) is 11.6 Å². The van der Waals surface area contributed by atoms with Gasteiger partial charge in [0.25, 0.3) is 0 Å². The molecule has 1 aromatic rings. The summed E-state index contributed by atoms with van der Waals surface area (Å²) < 4.78 is 10.3. The second-order valence-electron chi connectivity index (χ2n) is 2.93. The van der Waals surface area contributed by atoms with Crippen molar-refractivity contribution in [3.63, 3.8) is 0 Å². The molecule has 0 aliphatic heterocycles. The van der Waals surface area contributed by atoms with Gasteiger partial charge in [0.15, 0.2) is 0 Å². The summed E-state index contributed by atoms with van der Waals surface area (Å²) in [6.45, 7) is 1.67. The molecule has 0 amide bonds. The van der Waals surface area contributed by atoms with E-state index in [1.807, 2.05) is 18.2 Å². The Labute approximate surface area is 93.9 Å². The van der Waals surface area contributed by atoms with Crippen LogP contribution in [0.5, 0.6) is 5.75 Å². The van der Waals surface area contributed by atoms with Crippen molar-refractivity contribution in [2.75, 3.05) is 5.88 Å². The third-order valence-corrected chi connectivity index (χ3v) is 1.83. The zero-order valence-electron chi connectivity index (χ0n) is 8.48. The van der Waals surface area contributed by atoms with Gasteiger partial charge in [0.05, 0.1) is 6.42 Å². The van der Waals surface area contributed by atoms with Crippen LogP contribution in [0, 0.1) is 0 Å². The smallest absolute Gasteiger partial charge is 0.310 e.